The van der Waals surface area contributed by atoms with Crippen LogP contribution in [-0.4, -0.2) is 48.9 Å². The van der Waals surface area contributed by atoms with Crippen LogP contribution >= 0.6 is 0 Å². The summed E-state index contributed by atoms with van der Waals surface area (Å²) in [7, 11) is 1.56. The van der Waals surface area contributed by atoms with Crippen LogP contribution < -0.4 is 15.4 Å². The van der Waals surface area contributed by atoms with Crippen LogP contribution in [0.2, 0.25) is 0 Å². The molecule has 0 radical (unpaired) electrons. The van der Waals surface area contributed by atoms with E-state index in [-0.39, 0.29) is 5.92 Å². The molecular formula is C22H32N2O6. The van der Waals surface area contributed by atoms with Gasteiger partial charge >= 0.3 is 12.1 Å². The molecule has 1 heterocycles. The van der Waals surface area contributed by atoms with Crippen molar-refractivity contribution in [2.24, 2.45) is 5.92 Å². The number of methoxy groups -OCH3 is 1. The summed E-state index contributed by atoms with van der Waals surface area (Å²) in [6, 6.07) is 5.94. The summed E-state index contributed by atoms with van der Waals surface area (Å²) in [6.07, 6.45) is -0.992. The van der Waals surface area contributed by atoms with Crippen molar-refractivity contribution in [3.8, 4) is 5.75 Å². The fraction of sp³-hybridized carbons (Fsp3) is 0.591. The van der Waals surface area contributed by atoms with Crippen molar-refractivity contribution in [2.75, 3.05) is 7.11 Å². The van der Waals surface area contributed by atoms with E-state index in [4.69, 9.17) is 14.2 Å². The Hall–Kier alpha value is -2.77. The number of nitrogens with one attached hydrogen (secondary N) is 2. The summed E-state index contributed by atoms with van der Waals surface area (Å²) < 4.78 is 16.0. The first-order valence-electron chi connectivity index (χ1n) is 10.1. The smallest absolute Gasteiger partial charge is 0.408 e. The first-order chi connectivity index (χ1) is 14.0. The van der Waals surface area contributed by atoms with E-state index in [1.165, 1.54) is 0 Å². The average Bonchev–Trinajstić information content (AvgIpc) is 3.00. The summed E-state index contributed by atoms with van der Waals surface area (Å²) in [6.45, 7) is 9.21. The topological polar surface area (TPSA) is 103 Å². The summed E-state index contributed by atoms with van der Waals surface area (Å²) in [5.41, 5.74) is 0.157. The minimum Gasteiger partial charge on any atom is -0.496 e. The van der Waals surface area contributed by atoms with Crippen molar-refractivity contribution < 1.29 is 28.6 Å². The van der Waals surface area contributed by atoms with Gasteiger partial charge in [0.15, 0.2) is 0 Å². The molecule has 166 valence electrons. The third kappa shape index (κ3) is 6.64. The molecule has 2 N–H and O–H groups in total. The summed E-state index contributed by atoms with van der Waals surface area (Å²) in [4.78, 5) is 37.4. The van der Waals surface area contributed by atoms with Crippen molar-refractivity contribution in [3.63, 3.8) is 0 Å². The van der Waals surface area contributed by atoms with Crippen molar-refractivity contribution in [1.29, 1.82) is 0 Å². The Morgan fingerprint density at radius 2 is 1.90 bits per heavy atom. The van der Waals surface area contributed by atoms with Gasteiger partial charge in [-0.3, -0.25) is 4.79 Å². The lowest BCUT2D eigenvalue weighted by Gasteiger charge is -2.26. The van der Waals surface area contributed by atoms with E-state index >= 15 is 0 Å². The van der Waals surface area contributed by atoms with E-state index in [1.807, 2.05) is 38.1 Å². The van der Waals surface area contributed by atoms with Gasteiger partial charge in [0.2, 0.25) is 6.10 Å². The third-order valence-electron chi connectivity index (χ3n) is 4.51. The molecule has 1 aliphatic heterocycles. The highest BCUT2D eigenvalue weighted by Crippen LogP contribution is 2.23. The lowest BCUT2D eigenvalue weighted by molar-refractivity contribution is -0.159. The van der Waals surface area contributed by atoms with Gasteiger partial charge in [-0.2, -0.15) is 0 Å². The number of ether oxygens (including phenoxy) is 3. The molecule has 8 nitrogen and oxygen atoms in total. The zero-order valence-corrected chi connectivity index (χ0v) is 18.5. The number of esters is 1. The van der Waals surface area contributed by atoms with Crippen molar-refractivity contribution >= 4 is 18.0 Å². The zero-order valence-electron chi connectivity index (χ0n) is 18.5. The quantitative estimate of drug-likeness (QED) is 0.627. The number of cyclic esters (lactones) is 1. The molecule has 1 saturated heterocycles. The molecule has 1 aromatic carbocycles. The standard InChI is InChI=1S/C22H32N2O6/c1-13(2)11-16(20(26)30-22(3,4)5)23-19(25)18-15(24-21(27)29-18)12-14-9-7-8-10-17(14)28-6/h7-10,13,15-16,18H,11-12H2,1-6H3,(H,23,25)(H,24,27)/t15-,16+,18+/m1/s1. The van der Waals surface area contributed by atoms with Crippen molar-refractivity contribution in [3.05, 3.63) is 29.8 Å². The second kappa shape index (κ2) is 9.82. The highest BCUT2D eigenvalue weighted by Gasteiger charge is 2.41. The number of hydrogen-bond donors (Lipinski definition) is 2. The summed E-state index contributed by atoms with van der Waals surface area (Å²) in [5, 5.41) is 5.39. The molecule has 0 aromatic heterocycles. The average molecular weight is 421 g/mol. The molecule has 0 unspecified atom stereocenters. The number of hydrogen-bond acceptors (Lipinski definition) is 6. The summed E-state index contributed by atoms with van der Waals surface area (Å²) in [5.74, 6) is -0.242. The first-order valence-corrected chi connectivity index (χ1v) is 10.1. The number of para-hydroxylation sites is 1. The molecule has 8 heteroatoms. The molecule has 0 saturated carbocycles. The Bertz CT molecular complexity index is 771. The maximum atomic E-state index is 12.9. The van der Waals surface area contributed by atoms with E-state index in [2.05, 4.69) is 10.6 Å². The van der Waals surface area contributed by atoms with Crippen LogP contribution in [0.15, 0.2) is 24.3 Å². The van der Waals surface area contributed by atoms with E-state index < -0.39 is 41.8 Å². The van der Waals surface area contributed by atoms with Crippen LogP contribution in [-0.2, 0) is 25.5 Å². The van der Waals surface area contributed by atoms with Gasteiger partial charge in [-0.15, -0.1) is 0 Å². The highest BCUT2D eigenvalue weighted by atomic mass is 16.6. The highest BCUT2D eigenvalue weighted by molar-refractivity contribution is 5.90. The van der Waals surface area contributed by atoms with E-state index in [0.29, 0.717) is 18.6 Å². The van der Waals surface area contributed by atoms with E-state index in [1.54, 1.807) is 27.9 Å². The predicted octanol–water partition coefficient (Wildman–Crippen LogP) is 2.59. The Morgan fingerprint density at radius 3 is 2.50 bits per heavy atom. The monoisotopic (exact) mass is 420 g/mol. The number of benzene rings is 1. The molecule has 0 aliphatic carbocycles. The van der Waals surface area contributed by atoms with Gasteiger partial charge in [0, 0.05) is 6.42 Å². The fourth-order valence-corrected chi connectivity index (χ4v) is 3.27. The van der Waals surface area contributed by atoms with Gasteiger partial charge in [0.1, 0.15) is 17.4 Å². The second-order valence-electron chi connectivity index (χ2n) is 8.82. The normalized spacial score (nSPS) is 19.6. The largest absolute Gasteiger partial charge is 0.496 e. The van der Waals surface area contributed by atoms with Gasteiger partial charge < -0.3 is 24.8 Å². The van der Waals surface area contributed by atoms with Crippen LogP contribution in [0.25, 0.3) is 0 Å². The molecule has 1 aliphatic rings. The van der Waals surface area contributed by atoms with Gasteiger partial charge in [0.05, 0.1) is 13.2 Å². The molecule has 2 rings (SSSR count). The minimum atomic E-state index is -1.07. The van der Waals surface area contributed by atoms with Gasteiger partial charge in [-0.1, -0.05) is 32.0 Å². The number of amides is 2. The summed E-state index contributed by atoms with van der Waals surface area (Å²) >= 11 is 0. The predicted molar refractivity (Wildman–Crippen MR) is 111 cm³/mol. The maximum Gasteiger partial charge on any atom is 0.408 e. The Balaban J connectivity index is 2.14. The number of rotatable bonds is 8. The van der Waals surface area contributed by atoms with E-state index in [0.717, 1.165) is 5.56 Å². The zero-order chi connectivity index (χ0) is 22.5. The molecule has 0 spiro atoms. The molecule has 1 aromatic rings. The van der Waals surface area contributed by atoms with Crippen molar-refractivity contribution in [2.45, 2.75) is 71.2 Å². The Kier molecular flexibility index (Phi) is 7.70. The van der Waals surface area contributed by atoms with E-state index in [9.17, 15) is 14.4 Å². The van der Waals surface area contributed by atoms with Gasteiger partial charge in [-0.25, -0.2) is 9.59 Å². The molecule has 3 atom stereocenters. The molecule has 30 heavy (non-hydrogen) atoms. The third-order valence-corrected chi connectivity index (χ3v) is 4.51. The number of carbonyl (C=O) groups is 3. The van der Waals surface area contributed by atoms with Crippen LogP contribution in [0.4, 0.5) is 4.79 Å². The fourth-order valence-electron chi connectivity index (χ4n) is 3.27. The second-order valence-corrected chi connectivity index (χ2v) is 8.82. The van der Waals surface area contributed by atoms with Crippen molar-refractivity contribution in [1.82, 2.24) is 10.6 Å². The molecule has 2 amide bonds. The lowest BCUT2D eigenvalue weighted by Crippen LogP contribution is -2.51. The first kappa shape index (κ1) is 23.5. The van der Waals surface area contributed by atoms with Crippen LogP contribution in [0.1, 0.15) is 46.6 Å². The molecule has 0 bridgehead atoms. The molecular weight excluding hydrogens is 388 g/mol. The lowest BCUT2D eigenvalue weighted by atomic mass is 9.99. The van der Waals surface area contributed by atoms with Gasteiger partial charge in [-0.05, 0) is 44.7 Å². The van der Waals surface area contributed by atoms with Gasteiger partial charge in [0.25, 0.3) is 5.91 Å². The van der Waals surface area contributed by atoms with Crippen LogP contribution in [0.5, 0.6) is 5.75 Å². The maximum absolute atomic E-state index is 12.9. The minimum absolute atomic E-state index is 0.149. The van der Waals surface area contributed by atoms with Crippen LogP contribution in [0, 0.1) is 5.92 Å². The molecule has 1 fully saturated rings. The Morgan fingerprint density at radius 1 is 1.23 bits per heavy atom. The SMILES string of the molecule is COc1ccccc1C[C@H]1NC(=O)O[C@@H]1C(=O)N[C@@H](CC(C)C)C(=O)OC(C)(C)C. The van der Waals surface area contributed by atoms with Crippen LogP contribution in [0.3, 0.4) is 0 Å². The number of alkyl carbamates (subject to hydrolysis) is 1. The number of carbonyl (C=O) groups excluding carboxylic acids is 3. The Labute approximate surface area is 177 Å².